The van der Waals surface area contributed by atoms with Gasteiger partial charge >= 0.3 is 5.97 Å². The first-order valence-corrected chi connectivity index (χ1v) is 9.43. The summed E-state index contributed by atoms with van der Waals surface area (Å²) in [6.07, 6.45) is 5.41. The molecule has 1 fully saturated rings. The van der Waals surface area contributed by atoms with E-state index >= 15 is 0 Å². The van der Waals surface area contributed by atoms with Crippen LogP contribution in [0.2, 0.25) is 0 Å². The summed E-state index contributed by atoms with van der Waals surface area (Å²) in [6, 6.07) is 12.5. The van der Waals surface area contributed by atoms with Crippen LogP contribution in [-0.2, 0) is 6.54 Å². The number of aromatic nitrogens is 1. The number of rotatable bonds is 9. The number of hydrogen-bond acceptors (Lipinski definition) is 6. The van der Waals surface area contributed by atoms with Gasteiger partial charge in [-0.15, -0.1) is 0 Å². The van der Waals surface area contributed by atoms with Crippen LogP contribution in [0.4, 0.5) is 11.4 Å². The SMILES string of the molecule is COc1ccc(N(Cc2cnco2)c2cccc(C(=O)O)c2)cc1OCC1CC1. The van der Waals surface area contributed by atoms with E-state index in [2.05, 4.69) is 4.98 Å². The summed E-state index contributed by atoms with van der Waals surface area (Å²) in [5, 5.41) is 9.37. The average molecular weight is 394 g/mol. The monoisotopic (exact) mass is 394 g/mol. The Labute approximate surface area is 168 Å². The molecular weight excluding hydrogens is 372 g/mol. The number of oxazole rings is 1. The molecule has 7 heteroatoms. The Morgan fingerprint density at radius 2 is 2.03 bits per heavy atom. The van der Waals surface area contributed by atoms with Crippen LogP contribution in [-0.4, -0.2) is 29.8 Å². The molecule has 3 aromatic rings. The number of aromatic carboxylic acids is 1. The molecule has 0 atom stereocenters. The average Bonchev–Trinajstić information content (AvgIpc) is 3.43. The third-order valence-corrected chi connectivity index (χ3v) is 4.83. The third-order valence-electron chi connectivity index (χ3n) is 4.83. The van der Waals surface area contributed by atoms with Gasteiger partial charge in [0, 0.05) is 17.4 Å². The Bertz CT molecular complexity index is 983. The zero-order chi connectivity index (χ0) is 20.2. The molecule has 0 radical (unpaired) electrons. The lowest BCUT2D eigenvalue weighted by molar-refractivity contribution is 0.0697. The largest absolute Gasteiger partial charge is 0.493 e. The summed E-state index contributed by atoms with van der Waals surface area (Å²) >= 11 is 0. The highest BCUT2D eigenvalue weighted by molar-refractivity contribution is 5.89. The minimum atomic E-state index is -0.977. The molecule has 0 unspecified atom stereocenters. The van der Waals surface area contributed by atoms with Gasteiger partial charge in [-0.3, -0.25) is 0 Å². The van der Waals surface area contributed by atoms with Crippen molar-refractivity contribution in [2.75, 3.05) is 18.6 Å². The van der Waals surface area contributed by atoms with E-state index in [1.807, 2.05) is 29.2 Å². The number of nitrogens with zero attached hydrogens (tertiary/aromatic N) is 2. The van der Waals surface area contributed by atoms with Crippen molar-refractivity contribution in [2.45, 2.75) is 19.4 Å². The number of hydrogen-bond donors (Lipinski definition) is 1. The molecule has 1 aliphatic rings. The predicted molar refractivity (Wildman–Crippen MR) is 107 cm³/mol. The summed E-state index contributed by atoms with van der Waals surface area (Å²) in [4.78, 5) is 17.4. The molecule has 29 heavy (non-hydrogen) atoms. The van der Waals surface area contributed by atoms with Crippen molar-refractivity contribution in [3.63, 3.8) is 0 Å². The number of benzene rings is 2. The first kappa shape index (κ1) is 18.9. The van der Waals surface area contributed by atoms with Crippen LogP contribution in [0.3, 0.4) is 0 Å². The summed E-state index contributed by atoms with van der Waals surface area (Å²) < 4.78 is 16.9. The lowest BCUT2D eigenvalue weighted by Gasteiger charge is -2.25. The second kappa shape index (κ2) is 8.26. The highest BCUT2D eigenvalue weighted by Gasteiger charge is 2.23. The van der Waals surface area contributed by atoms with E-state index in [0.717, 1.165) is 11.4 Å². The quantitative estimate of drug-likeness (QED) is 0.571. The molecule has 7 nitrogen and oxygen atoms in total. The Hall–Kier alpha value is -3.48. The highest BCUT2D eigenvalue weighted by Crippen LogP contribution is 2.37. The van der Waals surface area contributed by atoms with Gasteiger partial charge in [0.15, 0.2) is 17.9 Å². The molecule has 1 heterocycles. The molecule has 0 aliphatic heterocycles. The van der Waals surface area contributed by atoms with Crippen molar-refractivity contribution in [1.82, 2.24) is 4.98 Å². The van der Waals surface area contributed by atoms with E-state index in [1.54, 1.807) is 31.5 Å². The fourth-order valence-corrected chi connectivity index (χ4v) is 3.05. The van der Waals surface area contributed by atoms with Crippen molar-refractivity contribution in [3.05, 3.63) is 66.4 Å². The van der Waals surface area contributed by atoms with Crippen molar-refractivity contribution < 1.29 is 23.8 Å². The van der Waals surface area contributed by atoms with E-state index in [-0.39, 0.29) is 5.56 Å². The topological polar surface area (TPSA) is 85.0 Å². The van der Waals surface area contributed by atoms with Gasteiger partial charge in [0.05, 0.1) is 32.0 Å². The molecule has 0 saturated heterocycles. The first-order valence-electron chi connectivity index (χ1n) is 9.43. The molecule has 2 aromatic carbocycles. The number of carboxylic acids is 1. The molecule has 1 aliphatic carbocycles. The third kappa shape index (κ3) is 4.51. The molecule has 1 N–H and O–H groups in total. The van der Waals surface area contributed by atoms with Crippen molar-refractivity contribution in [3.8, 4) is 11.5 Å². The molecule has 150 valence electrons. The molecule has 0 spiro atoms. The Morgan fingerprint density at radius 3 is 2.72 bits per heavy atom. The van der Waals surface area contributed by atoms with Gasteiger partial charge < -0.3 is 23.9 Å². The Morgan fingerprint density at radius 1 is 1.21 bits per heavy atom. The smallest absolute Gasteiger partial charge is 0.335 e. The molecule has 4 rings (SSSR count). The Kier molecular flexibility index (Phi) is 5.37. The Balaban J connectivity index is 1.71. The maximum absolute atomic E-state index is 11.4. The maximum Gasteiger partial charge on any atom is 0.335 e. The number of methoxy groups -OCH3 is 1. The standard InChI is InChI=1S/C22H22N2O5/c1-27-20-8-7-18(10-21(20)28-13-15-5-6-15)24(12-19-11-23-14-29-19)17-4-2-3-16(9-17)22(25)26/h2-4,7-11,14-15H,5-6,12-13H2,1H3,(H,25,26). The number of carbonyl (C=O) groups is 1. The molecule has 1 saturated carbocycles. The normalized spacial score (nSPS) is 13.1. The van der Waals surface area contributed by atoms with E-state index < -0.39 is 5.97 Å². The van der Waals surface area contributed by atoms with Gasteiger partial charge in [0.1, 0.15) is 5.76 Å². The van der Waals surface area contributed by atoms with E-state index in [1.165, 1.54) is 19.2 Å². The molecule has 1 aromatic heterocycles. The van der Waals surface area contributed by atoms with Gasteiger partial charge in [0.2, 0.25) is 0 Å². The fourth-order valence-electron chi connectivity index (χ4n) is 3.05. The van der Waals surface area contributed by atoms with Crippen LogP contribution >= 0.6 is 0 Å². The van der Waals surface area contributed by atoms with E-state index in [4.69, 9.17) is 13.9 Å². The van der Waals surface area contributed by atoms with Gasteiger partial charge in [0.25, 0.3) is 0 Å². The minimum Gasteiger partial charge on any atom is -0.493 e. The maximum atomic E-state index is 11.4. The van der Waals surface area contributed by atoms with Crippen LogP contribution in [0.25, 0.3) is 0 Å². The number of ether oxygens (including phenoxy) is 2. The highest BCUT2D eigenvalue weighted by atomic mass is 16.5. The van der Waals surface area contributed by atoms with Crippen LogP contribution in [0.5, 0.6) is 11.5 Å². The lowest BCUT2D eigenvalue weighted by atomic mass is 10.1. The first-order chi connectivity index (χ1) is 14.1. The van der Waals surface area contributed by atoms with Crippen LogP contribution in [0.15, 0.2) is 59.5 Å². The molecule has 0 bridgehead atoms. The van der Waals surface area contributed by atoms with Crippen LogP contribution < -0.4 is 14.4 Å². The fraction of sp³-hybridized carbons (Fsp3) is 0.273. The lowest BCUT2D eigenvalue weighted by Crippen LogP contribution is -2.17. The number of anilines is 2. The number of carboxylic acid groups (broad SMARTS) is 1. The summed E-state index contributed by atoms with van der Waals surface area (Å²) in [6.45, 7) is 1.05. The molecular formula is C22H22N2O5. The van der Waals surface area contributed by atoms with E-state index in [9.17, 15) is 9.90 Å². The predicted octanol–water partition coefficient (Wildman–Crippen LogP) is 4.51. The van der Waals surface area contributed by atoms with Crippen molar-refractivity contribution in [2.24, 2.45) is 5.92 Å². The summed E-state index contributed by atoms with van der Waals surface area (Å²) in [7, 11) is 1.61. The second-order valence-corrected chi connectivity index (χ2v) is 7.00. The minimum absolute atomic E-state index is 0.212. The summed E-state index contributed by atoms with van der Waals surface area (Å²) in [5.41, 5.74) is 1.76. The second-order valence-electron chi connectivity index (χ2n) is 7.00. The van der Waals surface area contributed by atoms with Crippen LogP contribution in [0, 0.1) is 5.92 Å². The van der Waals surface area contributed by atoms with Gasteiger partial charge in [-0.2, -0.15) is 0 Å². The summed E-state index contributed by atoms with van der Waals surface area (Å²) in [5.74, 6) is 1.61. The van der Waals surface area contributed by atoms with Crippen molar-refractivity contribution >= 4 is 17.3 Å². The van der Waals surface area contributed by atoms with Gasteiger partial charge in [-0.1, -0.05) is 6.07 Å². The van der Waals surface area contributed by atoms with Gasteiger partial charge in [-0.25, -0.2) is 9.78 Å². The molecule has 0 amide bonds. The van der Waals surface area contributed by atoms with Crippen molar-refractivity contribution in [1.29, 1.82) is 0 Å². The zero-order valence-electron chi connectivity index (χ0n) is 16.1. The van der Waals surface area contributed by atoms with E-state index in [0.29, 0.717) is 36.3 Å². The zero-order valence-corrected chi connectivity index (χ0v) is 16.1. The van der Waals surface area contributed by atoms with Gasteiger partial charge in [-0.05, 0) is 49.1 Å². The van der Waals surface area contributed by atoms with Crippen LogP contribution in [0.1, 0.15) is 29.0 Å².